The second-order valence-corrected chi connectivity index (χ2v) is 10.6. The number of rotatable bonds is 7. The third kappa shape index (κ3) is 5.56. The highest BCUT2D eigenvalue weighted by Crippen LogP contribution is 2.31. The van der Waals surface area contributed by atoms with Crippen LogP contribution in [0.2, 0.25) is 5.02 Å². The number of nitro benzene ring substituents is 1. The highest BCUT2D eigenvalue weighted by Gasteiger charge is 2.33. The summed E-state index contributed by atoms with van der Waals surface area (Å²) in [5.74, 6) is 0.796. The average molecular weight is 496 g/mol. The number of benzene rings is 2. The van der Waals surface area contributed by atoms with E-state index in [1.54, 1.807) is 17.0 Å². The molecular formula is C22H26ClN3O6S. The second-order valence-electron chi connectivity index (χ2n) is 8.32. The van der Waals surface area contributed by atoms with Gasteiger partial charge >= 0.3 is 0 Å². The molecule has 0 N–H and O–H groups in total. The van der Waals surface area contributed by atoms with Gasteiger partial charge < -0.3 is 9.64 Å². The Balaban J connectivity index is 2.02. The molecule has 1 aliphatic heterocycles. The lowest BCUT2D eigenvalue weighted by atomic mass is 9.92. The fourth-order valence-corrected chi connectivity index (χ4v) is 5.69. The van der Waals surface area contributed by atoms with E-state index < -0.39 is 27.2 Å². The van der Waals surface area contributed by atoms with Crippen LogP contribution in [0.3, 0.4) is 0 Å². The summed E-state index contributed by atoms with van der Waals surface area (Å²) in [6.07, 6.45) is 0.999. The van der Waals surface area contributed by atoms with Crippen LogP contribution in [-0.4, -0.2) is 50.9 Å². The van der Waals surface area contributed by atoms with Crippen molar-refractivity contribution in [2.24, 2.45) is 11.8 Å². The molecule has 0 unspecified atom stereocenters. The summed E-state index contributed by atoms with van der Waals surface area (Å²) in [5, 5.41) is 11.1. The molecule has 2 aromatic carbocycles. The van der Waals surface area contributed by atoms with Gasteiger partial charge in [-0.1, -0.05) is 25.4 Å². The maximum atomic E-state index is 13.6. The number of hydrogen-bond donors (Lipinski definition) is 0. The van der Waals surface area contributed by atoms with E-state index >= 15 is 0 Å². The average Bonchev–Trinajstić information content (AvgIpc) is 2.76. The zero-order valence-corrected chi connectivity index (χ0v) is 20.2. The minimum Gasteiger partial charge on any atom is -0.497 e. The Morgan fingerprint density at radius 2 is 1.79 bits per heavy atom. The molecule has 0 saturated carbocycles. The number of sulfonamides is 1. The first kappa shape index (κ1) is 24.8. The summed E-state index contributed by atoms with van der Waals surface area (Å²) < 4.78 is 33.3. The van der Waals surface area contributed by atoms with Crippen molar-refractivity contribution >= 4 is 38.9 Å². The molecule has 0 radical (unpaired) electrons. The van der Waals surface area contributed by atoms with Crippen LogP contribution in [0.25, 0.3) is 0 Å². The Kier molecular flexibility index (Phi) is 7.48. The van der Waals surface area contributed by atoms with E-state index in [0.717, 1.165) is 22.9 Å². The first-order valence-electron chi connectivity index (χ1n) is 10.4. The van der Waals surface area contributed by atoms with Crippen molar-refractivity contribution in [1.29, 1.82) is 0 Å². The van der Waals surface area contributed by atoms with Gasteiger partial charge in [0.25, 0.3) is 15.7 Å². The predicted octanol–water partition coefficient (Wildman–Crippen LogP) is 3.96. The second kappa shape index (κ2) is 9.96. The molecule has 1 fully saturated rings. The molecule has 1 heterocycles. The lowest BCUT2D eigenvalue weighted by Gasteiger charge is -2.36. The number of amides is 1. The SMILES string of the molecule is COc1ccc(N(CC(=O)N2C[C@H](C)C[C@H](C)C2)S(=O)(=O)c2ccc(Cl)c([N+](=O)[O-])c2)cc1. The van der Waals surface area contributed by atoms with Crippen LogP contribution in [0.4, 0.5) is 11.4 Å². The first-order chi connectivity index (χ1) is 15.5. The number of halogens is 1. The van der Waals surface area contributed by atoms with Gasteiger partial charge in [-0.2, -0.15) is 0 Å². The summed E-state index contributed by atoms with van der Waals surface area (Å²) in [6, 6.07) is 9.47. The highest BCUT2D eigenvalue weighted by molar-refractivity contribution is 7.92. The van der Waals surface area contributed by atoms with Crippen molar-refractivity contribution in [3.8, 4) is 5.75 Å². The number of nitro groups is 1. The minimum absolute atomic E-state index is 0.178. The van der Waals surface area contributed by atoms with E-state index in [1.807, 2.05) is 0 Å². The molecule has 178 valence electrons. The van der Waals surface area contributed by atoms with Crippen molar-refractivity contribution in [1.82, 2.24) is 4.90 Å². The van der Waals surface area contributed by atoms with E-state index in [2.05, 4.69) is 13.8 Å². The Morgan fingerprint density at radius 1 is 1.18 bits per heavy atom. The smallest absolute Gasteiger partial charge is 0.289 e. The number of likely N-dealkylation sites (tertiary alicyclic amines) is 1. The summed E-state index contributed by atoms with van der Waals surface area (Å²) >= 11 is 5.86. The number of methoxy groups -OCH3 is 1. The lowest BCUT2D eigenvalue weighted by Crippen LogP contribution is -2.48. The largest absolute Gasteiger partial charge is 0.497 e. The molecule has 33 heavy (non-hydrogen) atoms. The van der Waals surface area contributed by atoms with Gasteiger partial charge in [-0.3, -0.25) is 19.2 Å². The van der Waals surface area contributed by atoms with Crippen molar-refractivity contribution in [2.45, 2.75) is 25.2 Å². The van der Waals surface area contributed by atoms with Crippen LogP contribution in [-0.2, 0) is 14.8 Å². The molecule has 0 aromatic heterocycles. The van der Waals surface area contributed by atoms with Gasteiger partial charge in [-0.15, -0.1) is 0 Å². The van der Waals surface area contributed by atoms with Crippen LogP contribution in [0, 0.1) is 22.0 Å². The number of nitrogens with zero attached hydrogens (tertiary/aromatic N) is 3. The predicted molar refractivity (Wildman–Crippen MR) is 125 cm³/mol. The first-order valence-corrected chi connectivity index (χ1v) is 12.2. The molecule has 2 aromatic rings. The zero-order chi connectivity index (χ0) is 24.3. The number of carbonyl (C=O) groups excluding carboxylic acids is 1. The third-order valence-corrected chi connectivity index (χ3v) is 7.65. The van der Waals surface area contributed by atoms with Gasteiger partial charge in [0.05, 0.1) is 22.6 Å². The summed E-state index contributed by atoms with van der Waals surface area (Å²) in [4.78, 5) is 25.1. The normalized spacial score (nSPS) is 18.6. The van der Waals surface area contributed by atoms with Crippen LogP contribution >= 0.6 is 11.6 Å². The van der Waals surface area contributed by atoms with Gasteiger partial charge in [0.1, 0.15) is 17.3 Å². The number of ether oxygens (including phenoxy) is 1. The number of hydrogen-bond acceptors (Lipinski definition) is 6. The third-order valence-electron chi connectivity index (χ3n) is 5.56. The Bertz CT molecular complexity index is 1130. The summed E-state index contributed by atoms with van der Waals surface area (Å²) in [7, 11) is -2.84. The van der Waals surface area contributed by atoms with E-state index in [1.165, 1.54) is 25.3 Å². The molecule has 3 rings (SSSR count). The van der Waals surface area contributed by atoms with Gasteiger partial charge in [0.2, 0.25) is 5.91 Å². The topological polar surface area (TPSA) is 110 Å². The Morgan fingerprint density at radius 3 is 2.33 bits per heavy atom. The molecule has 1 saturated heterocycles. The van der Waals surface area contributed by atoms with Crippen molar-refractivity contribution in [3.05, 3.63) is 57.6 Å². The van der Waals surface area contributed by atoms with Crippen molar-refractivity contribution in [3.63, 3.8) is 0 Å². The van der Waals surface area contributed by atoms with E-state index in [0.29, 0.717) is 30.7 Å². The Labute approximate surface area is 198 Å². The fourth-order valence-electron chi connectivity index (χ4n) is 4.07. The molecule has 0 spiro atoms. The van der Waals surface area contributed by atoms with Crippen LogP contribution < -0.4 is 9.04 Å². The van der Waals surface area contributed by atoms with Gasteiger partial charge in [0.15, 0.2) is 0 Å². The van der Waals surface area contributed by atoms with Crippen LogP contribution in [0.1, 0.15) is 20.3 Å². The van der Waals surface area contributed by atoms with Crippen molar-refractivity contribution in [2.75, 3.05) is 31.0 Å². The molecule has 1 aliphatic rings. The Hall–Kier alpha value is -2.85. The van der Waals surface area contributed by atoms with Crippen LogP contribution in [0.5, 0.6) is 5.75 Å². The lowest BCUT2D eigenvalue weighted by molar-refractivity contribution is -0.384. The molecule has 2 atom stereocenters. The van der Waals surface area contributed by atoms with Gasteiger partial charge in [-0.05, 0) is 54.7 Å². The maximum Gasteiger partial charge on any atom is 0.289 e. The number of anilines is 1. The highest BCUT2D eigenvalue weighted by atomic mass is 35.5. The quantitative estimate of drug-likeness (QED) is 0.424. The summed E-state index contributed by atoms with van der Waals surface area (Å²) in [6.45, 7) is 4.77. The standard InChI is InChI=1S/C22H26ClN3O6S/c1-15-10-16(2)13-24(12-15)22(27)14-25(17-4-6-18(32-3)7-5-17)33(30,31)19-8-9-20(23)21(11-19)26(28)29/h4-9,11,15-16H,10,12-14H2,1-3H3/t15-,16+. The molecule has 9 nitrogen and oxygen atoms in total. The monoisotopic (exact) mass is 495 g/mol. The maximum absolute atomic E-state index is 13.6. The minimum atomic E-state index is -4.33. The molecular weight excluding hydrogens is 470 g/mol. The van der Waals surface area contributed by atoms with Crippen molar-refractivity contribution < 1.29 is 22.9 Å². The van der Waals surface area contributed by atoms with Crippen LogP contribution in [0.15, 0.2) is 47.4 Å². The molecule has 0 bridgehead atoms. The summed E-state index contributed by atoms with van der Waals surface area (Å²) in [5.41, 5.74) is -0.294. The molecule has 1 amide bonds. The van der Waals surface area contributed by atoms with Gasteiger partial charge in [-0.25, -0.2) is 8.42 Å². The van der Waals surface area contributed by atoms with E-state index in [9.17, 15) is 23.3 Å². The zero-order valence-electron chi connectivity index (χ0n) is 18.6. The van der Waals surface area contributed by atoms with E-state index in [4.69, 9.17) is 16.3 Å². The number of piperidine rings is 1. The fraction of sp³-hybridized carbons (Fsp3) is 0.409. The van der Waals surface area contributed by atoms with E-state index in [-0.39, 0.29) is 21.5 Å². The molecule has 11 heteroatoms. The molecule has 0 aliphatic carbocycles. The number of carbonyl (C=O) groups is 1. The van der Waals surface area contributed by atoms with Gasteiger partial charge in [0, 0.05) is 19.2 Å².